The van der Waals surface area contributed by atoms with Crippen molar-refractivity contribution in [3.63, 3.8) is 0 Å². The Hall–Kier alpha value is -3.30. The van der Waals surface area contributed by atoms with Crippen molar-refractivity contribution < 1.29 is 27.1 Å². The fourth-order valence-electron chi connectivity index (χ4n) is 2.06. The van der Waals surface area contributed by atoms with E-state index in [9.17, 15) is 22.8 Å². The number of anilines is 1. The number of nitrogens with zero attached hydrogens (tertiary/aromatic N) is 1. The Balaban J connectivity index is 1.81. The van der Waals surface area contributed by atoms with Crippen molar-refractivity contribution in [1.29, 1.82) is 0 Å². The normalized spacial score (nSPS) is 11.5. The monoisotopic (exact) mass is 353 g/mol. The van der Waals surface area contributed by atoms with Gasteiger partial charge in [-0.1, -0.05) is 0 Å². The maximum atomic E-state index is 12.3. The van der Waals surface area contributed by atoms with Crippen LogP contribution in [0.3, 0.4) is 0 Å². The lowest BCUT2D eigenvalue weighted by atomic mass is 10.2. The van der Waals surface area contributed by atoms with E-state index < -0.39 is 30.3 Å². The molecular formula is C15H10F3N3O4. The van der Waals surface area contributed by atoms with Gasteiger partial charge in [0.15, 0.2) is 12.2 Å². The maximum absolute atomic E-state index is 12.3. The van der Waals surface area contributed by atoms with Gasteiger partial charge in [-0.3, -0.25) is 9.78 Å². The first kappa shape index (κ1) is 16.6. The molecule has 0 aliphatic carbocycles. The van der Waals surface area contributed by atoms with Gasteiger partial charge in [-0.2, -0.15) is 13.2 Å². The number of pyridine rings is 1. The summed E-state index contributed by atoms with van der Waals surface area (Å²) in [6.45, 7) is -1.56. The molecule has 3 aromatic rings. The molecule has 10 heteroatoms. The second kappa shape index (κ2) is 6.30. The maximum Gasteiger partial charge on any atom is 0.422 e. The van der Waals surface area contributed by atoms with Crippen LogP contribution >= 0.6 is 0 Å². The largest absolute Gasteiger partial charge is 0.467 e. The zero-order chi connectivity index (χ0) is 18.0. The number of ether oxygens (including phenoxy) is 1. The molecule has 25 heavy (non-hydrogen) atoms. The van der Waals surface area contributed by atoms with Crippen molar-refractivity contribution in [2.24, 2.45) is 0 Å². The lowest BCUT2D eigenvalue weighted by Gasteiger charge is -2.12. The number of aromatic nitrogens is 2. The van der Waals surface area contributed by atoms with Crippen molar-refractivity contribution in [3.8, 4) is 5.88 Å². The van der Waals surface area contributed by atoms with Gasteiger partial charge < -0.3 is 14.5 Å². The van der Waals surface area contributed by atoms with E-state index in [2.05, 4.69) is 20.0 Å². The Morgan fingerprint density at radius 2 is 2.12 bits per heavy atom. The Bertz CT molecular complexity index is 978. The highest BCUT2D eigenvalue weighted by molar-refractivity contribution is 6.06. The molecule has 0 radical (unpaired) electrons. The number of benzene rings is 1. The van der Waals surface area contributed by atoms with Crippen LogP contribution in [0.1, 0.15) is 10.4 Å². The number of rotatable bonds is 4. The third-order valence-corrected chi connectivity index (χ3v) is 3.07. The number of oxazole rings is 1. The minimum atomic E-state index is -4.55. The molecule has 0 bridgehead atoms. The molecule has 2 heterocycles. The number of nitrogens with one attached hydrogen (secondary N) is 2. The van der Waals surface area contributed by atoms with Gasteiger partial charge in [-0.05, 0) is 30.3 Å². The number of alkyl halides is 3. The molecule has 2 N–H and O–H groups in total. The molecule has 1 aromatic carbocycles. The van der Waals surface area contributed by atoms with E-state index in [1.165, 1.54) is 36.5 Å². The predicted octanol–water partition coefficient (Wildman–Crippen LogP) is 2.71. The molecule has 1 amide bonds. The van der Waals surface area contributed by atoms with Crippen LogP contribution in [0.5, 0.6) is 5.88 Å². The molecule has 7 nitrogen and oxygen atoms in total. The minimum Gasteiger partial charge on any atom is -0.467 e. The molecule has 0 saturated carbocycles. The summed E-state index contributed by atoms with van der Waals surface area (Å²) in [5.74, 6) is -1.79. The zero-order valence-corrected chi connectivity index (χ0v) is 12.4. The van der Waals surface area contributed by atoms with Crippen LogP contribution in [-0.2, 0) is 0 Å². The van der Waals surface area contributed by atoms with Gasteiger partial charge in [-0.15, -0.1) is 0 Å². The molecular weight excluding hydrogens is 343 g/mol. The molecule has 130 valence electrons. The molecule has 0 atom stereocenters. The van der Waals surface area contributed by atoms with E-state index in [0.717, 1.165) is 0 Å². The molecule has 2 aromatic heterocycles. The van der Waals surface area contributed by atoms with Crippen molar-refractivity contribution in [2.75, 3.05) is 11.9 Å². The molecule has 0 spiro atoms. The minimum absolute atomic E-state index is 0.160. The summed E-state index contributed by atoms with van der Waals surface area (Å²) in [5, 5.41) is 2.49. The standard InChI is InChI=1S/C15H10F3N3O4/c16-15(17,18)7-24-13-9(2-1-5-19-13)12(22)20-8-3-4-11-10(6-8)21-14(23)25-11/h1-6H,7H2,(H,20,22)(H,21,23). The van der Waals surface area contributed by atoms with Gasteiger partial charge in [0.2, 0.25) is 5.88 Å². The summed E-state index contributed by atoms with van der Waals surface area (Å²) < 4.78 is 46.2. The summed E-state index contributed by atoms with van der Waals surface area (Å²) in [5.41, 5.74) is 0.814. The van der Waals surface area contributed by atoms with Crippen molar-refractivity contribution >= 4 is 22.7 Å². The number of carbonyl (C=O) groups excluding carboxylic acids is 1. The molecule has 0 fully saturated rings. The van der Waals surface area contributed by atoms with Gasteiger partial charge in [0, 0.05) is 11.9 Å². The fourth-order valence-corrected chi connectivity index (χ4v) is 2.06. The van der Waals surface area contributed by atoms with E-state index >= 15 is 0 Å². The summed E-state index contributed by atoms with van der Waals surface area (Å²) in [4.78, 5) is 29.5. The highest BCUT2D eigenvalue weighted by Gasteiger charge is 2.29. The van der Waals surface area contributed by atoms with Crippen LogP contribution in [0.25, 0.3) is 11.1 Å². The Kier molecular flexibility index (Phi) is 4.17. The Morgan fingerprint density at radius 3 is 2.88 bits per heavy atom. The lowest BCUT2D eigenvalue weighted by Crippen LogP contribution is -2.22. The second-order valence-electron chi connectivity index (χ2n) is 4.94. The van der Waals surface area contributed by atoms with E-state index in [-0.39, 0.29) is 5.56 Å². The average molecular weight is 353 g/mol. The zero-order valence-electron chi connectivity index (χ0n) is 12.4. The quantitative estimate of drug-likeness (QED) is 0.752. The van der Waals surface area contributed by atoms with Gasteiger partial charge in [0.05, 0.1) is 5.52 Å². The topological polar surface area (TPSA) is 97.2 Å². The predicted molar refractivity (Wildman–Crippen MR) is 80.6 cm³/mol. The summed E-state index contributed by atoms with van der Waals surface area (Å²) >= 11 is 0. The average Bonchev–Trinajstić information content (AvgIpc) is 2.92. The second-order valence-corrected chi connectivity index (χ2v) is 4.94. The number of hydrogen-bond donors (Lipinski definition) is 2. The van der Waals surface area contributed by atoms with Crippen LogP contribution in [0, 0.1) is 0 Å². The summed E-state index contributed by atoms with van der Waals surface area (Å²) in [6.07, 6.45) is -3.34. The van der Waals surface area contributed by atoms with E-state index in [4.69, 9.17) is 4.42 Å². The number of aromatic amines is 1. The van der Waals surface area contributed by atoms with Gasteiger partial charge in [-0.25, -0.2) is 9.78 Å². The first-order valence-electron chi connectivity index (χ1n) is 6.90. The Labute approximate surface area is 137 Å². The van der Waals surface area contributed by atoms with Crippen LogP contribution in [0.15, 0.2) is 45.7 Å². The van der Waals surface area contributed by atoms with Crippen LogP contribution in [-0.4, -0.2) is 28.7 Å². The fraction of sp³-hybridized carbons (Fsp3) is 0.133. The highest BCUT2D eigenvalue weighted by Crippen LogP contribution is 2.22. The number of amides is 1. The smallest absolute Gasteiger partial charge is 0.422 e. The van der Waals surface area contributed by atoms with E-state index in [1.807, 2.05) is 0 Å². The van der Waals surface area contributed by atoms with Gasteiger partial charge in [0.25, 0.3) is 5.91 Å². The first-order chi connectivity index (χ1) is 11.8. The molecule has 0 saturated heterocycles. The van der Waals surface area contributed by atoms with Gasteiger partial charge in [0.1, 0.15) is 5.56 Å². The Morgan fingerprint density at radius 1 is 1.32 bits per heavy atom. The van der Waals surface area contributed by atoms with Crippen molar-refractivity contribution in [1.82, 2.24) is 9.97 Å². The van der Waals surface area contributed by atoms with E-state index in [0.29, 0.717) is 16.8 Å². The third-order valence-electron chi connectivity index (χ3n) is 3.07. The van der Waals surface area contributed by atoms with Gasteiger partial charge >= 0.3 is 11.9 Å². The number of carbonyl (C=O) groups is 1. The van der Waals surface area contributed by atoms with Crippen LogP contribution < -0.4 is 15.8 Å². The van der Waals surface area contributed by atoms with Crippen molar-refractivity contribution in [3.05, 3.63) is 52.6 Å². The molecule has 0 aliphatic rings. The van der Waals surface area contributed by atoms with Crippen LogP contribution in [0.2, 0.25) is 0 Å². The lowest BCUT2D eigenvalue weighted by molar-refractivity contribution is -0.154. The molecule has 0 unspecified atom stereocenters. The number of halogens is 3. The van der Waals surface area contributed by atoms with Crippen molar-refractivity contribution in [2.45, 2.75) is 6.18 Å². The summed E-state index contributed by atoms with van der Waals surface area (Å²) in [7, 11) is 0. The SMILES string of the molecule is O=C(Nc1ccc2oc(=O)[nH]c2c1)c1cccnc1OCC(F)(F)F. The molecule has 0 aliphatic heterocycles. The first-order valence-corrected chi connectivity index (χ1v) is 6.90. The number of H-pyrrole nitrogens is 1. The number of hydrogen-bond acceptors (Lipinski definition) is 5. The third kappa shape index (κ3) is 3.97. The highest BCUT2D eigenvalue weighted by atomic mass is 19.4. The van der Waals surface area contributed by atoms with Crippen LogP contribution in [0.4, 0.5) is 18.9 Å². The molecule has 3 rings (SSSR count). The van der Waals surface area contributed by atoms with E-state index in [1.54, 1.807) is 0 Å². The number of fused-ring (bicyclic) bond motifs is 1. The summed E-state index contributed by atoms with van der Waals surface area (Å²) in [6, 6.07) is 7.07.